The Labute approximate surface area is 78.8 Å². The SMILES string of the molecule is CC(C)(C)OC(=O)NCC#CCN. The van der Waals surface area contributed by atoms with Crippen LogP contribution in [0, 0.1) is 11.8 Å². The Morgan fingerprint density at radius 3 is 2.54 bits per heavy atom. The van der Waals surface area contributed by atoms with Gasteiger partial charge in [-0.2, -0.15) is 0 Å². The van der Waals surface area contributed by atoms with Crippen molar-refractivity contribution in [2.45, 2.75) is 26.4 Å². The number of hydrogen-bond acceptors (Lipinski definition) is 3. The number of carbonyl (C=O) groups excluding carboxylic acids is 1. The molecule has 0 heterocycles. The zero-order valence-electron chi connectivity index (χ0n) is 8.31. The maximum atomic E-state index is 11.0. The fourth-order valence-electron chi connectivity index (χ4n) is 0.565. The zero-order chi connectivity index (χ0) is 10.3. The number of ether oxygens (including phenoxy) is 1. The number of alkyl carbamates (subject to hydrolysis) is 1. The van der Waals surface area contributed by atoms with E-state index >= 15 is 0 Å². The highest BCUT2D eigenvalue weighted by Gasteiger charge is 2.14. The molecule has 0 spiro atoms. The molecular weight excluding hydrogens is 168 g/mol. The van der Waals surface area contributed by atoms with E-state index in [1.165, 1.54) is 0 Å². The number of nitrogens with one attached hydrogen (secondary N) is 1. The average Bonchev–Trinajstić information content (AvgIpc) is 1.94. The van der Waals surface area contributed by atoms with Crippen molar-refractivity contribution in [1.29, 1.82) is 0 Å². The molecule has 74 valence electrons. The molecule has 0 unspecified atom stereocenters. The molecule has 4 nitrogen and oxygen atoms in total. The zero-order valence-corrected chi connectivity index (χ0v) is 8.31. The van der Waals surface area contributed by atoms with Gasteiger partial charge in [-0.1, -0.05) is 11.8 Å². The molecule has 3 N–H and O–H groups in total. The van der Waals surface area contributed by atoms with Gasteiger partial charge in [-0.15, -0.1) is 0 Å². The van der Waals surface area contributed by atoms with Crippen molar-refractivity contribution in [2.75, 3.05) is 13.1 Å². The standard InChI is InChI=1S/C9H16N2O2/c1-9(2,3)13-8(12)11-7-5-4-6-10/h6-7,10H2,1-3H3,(H,11,12). The highest BCUT2D eigenvalue weighted by atomic mass is 16.6. The summed E-state index contributed by atoms with van der Waals surface area (Å²) in [4.78, 5) is 11.0. The van der Waals surface area contributed by atoms with Crippen LogP contribution in [-0.4, -0.2) is 24.8 Å². The van der Waals surface area contributed by atoms with Gasteiger partial charge in [0, 0.05) is 0 Å². The van der Waals surface area contributed by atoms with E-state index in [-0.39, 0.29) is 6.54 Å². The van der Waals surface area contributed by atoms with E-state index in [1.807, 2.05) is 0 Å². The van der Waals surface area contributed by atoms with Crippen molar-refractivity contribution in [2.24, 2.45) is 5.73 Å². The van der Waals surface area contributed by atoms with E-state index in [9.17, 15) is 4.79 Å². The summed E-state index contributed by atoms with van der Waals surface area (Å²) >= 11 is 0. The van der Waals surface area contributed by atoms with E-state index in [4.69, 9.17) is 10.5 Å². The lowest BCUT2D eigenvalue weighted by molar-refractivity contribution is 0.0535. The maximum Gasteiger partial charge on any atom is 0.408 e. The van der Waals surface area contributed by atoms with Gasteiger partial charge in [-0.3, -0.25) is 0 Å². The number of rotatable bonds is 1. The molecule has 0 radical (unpaired) electrons. The molecule has 0 aromatic rings. The Morgan fingerprint density at radius 1 is 1.46 bits per heavy atom. The van der Waals surface area contributed by atoms with Crippen molar-refractivity contribution >= 4 is 6.09 Å². The van der Waals surface area contributed by atoms with Crippen LogP contribution in [0.3, 0.4) is 0 Å². The molecule has 0 saturated carbocycles. The van der Waals surface area contributed by atoms with Gasteiger partial charge in [0.05, 0.1) is 13.1 Å². The van der Waals surface area contributed by atoms with E-state index in [0.29, 0.717) is 6.54 Å². The minimum absolute atomic E-state index is 0.270. The second-order valence-electron chi connectivity index (χ2n) is 3.41. The average molecular weight is 184 g/mol. The van der Waals surface area contributed by atoms with Crippen molar-refractivity contribution in [3.05, 3.63) is 0 Å². The quantitative estimate of drug-likeness (QED) is 0.582. The number of carbonyl (C=O) groups is 1. The fourth-order valence-corrected chi connectivity index (χ4v) is 0.565. The van der Waals surface area contributed by atoms with Gasteiger partial charge in [0.15, 0.2) is 0 Å². The molecule has 0 aliphatic heterocycles. The third kappa shape index (κ3) is 8.70. The first-order valence-electron chi connectivity index (χ1n) is 4.08. The van der Waals surface area contributed by atoms with E-state index in [2.05, 4.69) is 17.2 Å². The maximum absolute atomic E-state index is 11.0. The second-order valence-corrected chi connectivity index (χ2v) is 3.41. The third-order valence-corrected chi connectivity index (χ3v) is 0.947. The Morgan fingerprint density at radius 2 is 2.08 bits per heavy atom. The van der Waals surface area contributed by atoms with E-state index < -0.39 is 11.7 Å². The van der Waals surface area contributed by atoms with Crippen LogP contribution in [0.25, 0.3) is 0 Å². The largest absolute Gasteiger partial charge is 0.444 e. The second kappa shape index (κ2) is 5.44. The summed E-state index contributed by atoms with van der Waals surface area (Å²) < 4.78 is 4.97. The Kier molecular flexibility index (Phi) is 4.93. The third-order valence-electron chi connectivity index (χ3n) is 0.947. The van der Waals surface area contributed by atoms with Gasteiger partial charge in [-0.05, 0) is 20.8 Å². The van der Waals surface area contributed by atoms with Crippen LogP contribution in [0.1, 0.15) is 20.8 Å². The molecule has 0 aromatic heterocycles. The Balaban J connectivity index is 3.64. The van der Waals surface area contributed by atoms with Gasteiger partial charge < -0.3 is 15.8 Å². The molecular formula is C9H16N2O2. The topological polar surface area (TPSA) is 64.3 Å². The normalized spacial score (nSPS) is 9.85. The van der Waals surface area contributed by atoms with Gasteiger partial charge in [-0.25, -0.2) is 4.79 Å². The van der Waals surface area contributed by atoms with Gasteiger partial charge >= 0.3 is 6.09 Å². The van der Waals surface area contributed by atoms with E-state index in [0.717, 1.165) is 0 Å². The molecule has 0 rings (SSSR count). The molecule has 0 saturated heterocycles. The summed E-state index contributed by atoms with van der Waals surface area (Å²) in [5.41, 5.74) is 4.66. The lowest BCUT2D eigenvalue weighted by Crippen LogP contribution is -2.32. The van der Waals surface area contributed by atoms with Crippen LogP contribution < -0.4 is 11.1 Å². The monoisotopic (exact) mass is 184 g/mol. The minimum Gasteiger partial charge on any atom is -0.444 e. The molecule has 0 atom stereocenters. The molecule has 0 aliphatic carbocycles. The highest BCUT2D eigenvalue weighted by molar-refractivity contribution is 5.67. The van der Waals surface area contributed by atoms with Crippen LogP contribution >= 0.6 is 0 Å². The van der Waals surface area contributed by atoms with Crippen LogP contribution in [0.15, 0.2) is 0 Å². The van der Waals surface area contributed by atoms with Crippen LogP contribution in [0.5, 0.6) is 0 Å². The molecule has 0 bridgehead atoms. The van der Waals surface area contributed by atoms with Crippen molar-refractivity contribution in [1.82, 2.24) is 5.32 Å². The van der Waals surface area contributed by atoms with Gasteiger partial charge in [0.2, 0.25) is 0 Å². The smallest absolute Gasteiger partial charge is 0.408 e. The minimum atomic E-state index is -0.467. The van der Waals surface area contributed by atoms with Crippen molar-refractivity contribution in [3.63, 3.8) is 0 Å². The van der Waals surface area contributed by atoms with Crippen LogP contribution in [0.4, 0.5) is 4.79 Å². The van der Waals surface area contributed by atoms with E-state index in [1.54, 1.807) is 20.8 Å². The summed E-state index contributed by atoms with van der Waals surface area (Å²) in [5, 5.41) is 2.48. The summed E-state index contributed by atoms with van der Waals surface area (Å²) in [5.74, 6) is 5.29. The lowest BCUT2D eigenvalue weighted by atomic mass is 10.2. The predicted molar refractivity (Wildman–Crippen MR) is 51.1 cm³/mol. The molecule has 13 heavy (non-hydrogen) atoms. The molecule has 4 heteroatoms. The highest BCUT2D eigenvalue weighted by Crippen LogP contribution is 2.05. The summed E-state index contributed by atoms with van der Waals surface area (Å²) in [6, 6.07) is 0. The molecule has 0 fully saturated rings. The first kappa shape index (κ1) is 11.8. The fraction of sp³-hybridized carbons (Fsp3) is 0.667. The first-order valence-corrected chi connectivity index (χ1v) is 4.08. The van der Waals surface area contributed by atoms with Crippen molar-refractivity contribution < 1.29 is 9.53 Å². The number of amides is 1. The predicted octanol–water partition coefficient (Wildman–Crippen LogP) is 0.473. The molecule has 1 amide bonds. The summed E-state index contributed by atoms with van der Waals surface area (Å²) in [6.07, 6.45) is -0.459. The Hall–Kier alpha value is -1.21. The van der Waals surface area contributed by atoms with Gasteiger partial charge in [0.1, 0.15) is 5.60 Å². The van der Waals surface area contributed by atoms with Crippen LogP contribution in [0.2, 0.25) is 0 Å². The Bertz CT molecular complexity index is 220. The van der Waals surface area contributed by atoms with Crippen LogP contribution in [-0.2, 0) is 4.74 Å². The number of nitrogens with two attached hydrogens (primary N) is 1. The summed E-state index contributed by atoms with van der Waals surface area (Å²) in [6.45, 7) is 5.98. The summed E-state index contributed by atoms with van der Waals surface area (Å²) in [7, 11) is 0. The first-order chi connectivity index (χ1) is 5.95. The van der Waals surface area contributed by atoms with Crippen molar-refractivity contribution in [3.8, 4) is 11.8 Å². The lowest BCUT2D eigenvalue weighted by Gasteiger charge is -2.18. The van der Waals surface area contributed by atoms with Gasteiger partial charge in [0.25, 0.3) is 0 Å². The molecule has 0 aliphatic rings. The molecule has 0 aromatic carbocycles. The number of hydrogen-bond donors (Lipinski definition) is 2.